The Hall–Kier alpha value is -2.07. The van der Waals surface area contributed by atoms with Gasteiger partial charge in [0.05, 0.1) is 5.41 Å². The van der Waals surface area contributed by atoms with Gasteiger partial charge in [0.15, 0.2) is 0 Å². The molecule has 1 unspecified atom stereocenters. The molecule has 0 bridgehead atoms. The van der Waals surface area contributed by atoms with Crippen LogP contribution in [0.3, 0.4) is 0 Å². The SMILES string of the molecule is CCC1(C(=O)Nc2cccc(-n3cccc3)c2)CCNC1. The fraction of sp³-hybridized carbons (Fsp3) is 0.353. The molecule has 1 aromatic heterocycles. The lowest BCUT2D eigenvalue weighted by Crippen LogP contribution is -2.37. The smallest absolute Gasteiger partial charge is 0.231 e. The van der Waals surface area contributed by atoms with Gasteiger partial charge in [0.1, 0.15) is 0 Å². The predicted octanol–water partition coefficient (Wildman–Crippen LogP) is 2.81. The summed E-state index contributed by atoms with van der Waals surface area (Å²) in [4.78, 5) is 12.6. The number of carbonyl (C=O) groups excluding carboxylic acids is 1. The van der Waals surface area contributed by atoms with Gasteiger partial charge in [0.25, 0.3) is 0 Å². The van der Waals surface area contributed by atoms with Crippen LogP contribution in [-0.2, 0) is 4.79 Å². The van der Waals surface area contributed by atoms with Crippen LogP contribution in [0.25, 0.3) is 5.69 Å². The van der Waals surface area contributed by atoms with E-state index in [2.05, 4.69) is 17.6 Å². The van der Waals surface area contributed by atoms with Gasteiger partial charge < -0.3 is 15.2 Å². The molecule has 0 aliphatic carbocycles. The third-order valence-corrected chi connectivity index (χ3v) is 4.41. The summed E-state index contributed by atoms with van der Waals surface area (Å²) >= 11 is 0. The minimum atomic E-state index is -0.260. The van der Waals surface area contributed by atoms with Crippen LogP contribution >= 0.6 is 0 Å². The first-order chi connectivity index (χ1) is 10.2. The molecule has 3 rings (SSSR count). The summed E-state index contributed by atoms with van der Waals surface area (Å²) in [6, 6.07) is 11.9. The van der Waals surface area contributed by atoms with E-state index in [4.69, 9.17) is 0 Å². The van der Waals surface area contributed by atoms with Crippen LogP contribution in [0.15, 0.2) is 48.8 Å². The third kappa shape index (κ3) is 2.72. The maximum atomic E-state index is 12.6. The number of amides is 1. The molecule has 1 amide bonds. The van der Waals surface area contributed by atoms with Gasteiger partial charge in [-0.15, -0.1) is 0 Å². The van der Waals surface area contributed by atoms with E-state index in [1.54, 1.807) is 0 Å². The zero-order valence-electron chi connectivity index (χ0n) is 12.3. The Morgan fingerprint density at radius 2 is 2.14 bits per heavy atom. The summed E-state index contributed by atoms with van der Waals surface area (Å²) < 4.78 is 2.03. The molecule has 1 aliphatic heterocycles. The molecular formula is C17H21N3O. The number of nitrogens with one attached hydrogen (secondary N) is 2. The van der Waals surface area contributed by atoms with E-state index in [9.17, 15) is 4.79 Å². The van der Waals surface area contributed by atoms with Gasteiger partial charge in [0, 0.05) is 30.3 Å². The molecule has 1 aliphatic rings. The van der Waals surface area contributed by atoms with Crippen molar-refractivity contribution in [2.45, 2.75) is 19.8 Å². The molecule has 2 heterocycles. The Balaban J connectivity index is 1.79. The highest BCUT2D eigenvalue weighted by atomic mass is 16.2. The van der Waals surface area contributed by atoms with E-state index < -0.39 is 0 Å². The van der Waals surface area contributed by atoms with Crippen LogP contribution in [0.5, 0.6) is 0 Å². The Morgan fingerprint density at radius 3 is 2.81 bits per heavy atom. The maximum Gasteiger partial charge on any atom is 0.231 e. The molecule has 0 radical (unpaired) electrons. The van der Waals surface area contributed by atoms with Crippen molar-refractivity contribution in [1.29, 1.82) is 0 Å². The molecule has 1 atom stereocenters. The summed E-state index contributed by atoms with van der Waals surface area (Å²) in [6.45, 7) is 3.78. The number of aromatic nitrogens is 1. The van der Waals surface area contributed by atoms with E-state index in [0.29, 0.717) is 0 Å². The third-order valence-electron chi connectivity index (χ3n) is 4.41. The average Bonchev–Trinajstić information content (AvgIpc) is 3.20. The van der Waals surface area contributed by atoms with Crippen molar-refractivity contribution in [3.63, 3.8) is 0 Å². The lowest BCUT2D eigenvalue weighted by atomic mass is 9.83. The molecule has 2 aromatic rings. The van der Waals surface area contributed by atoms with Gasteiger partial charge in [-0.2, -0.15) is 0 Å². The van der Waals surface area contributed by atoms with E-state index in [1.165, 1.54) is 0 Å². The highest BCUT2D eigenvalue weighted by molar-refractivity contribution is 5.96. The van der Waals surface area contributed by atoms with Gasteiger partial charge in [-0.05, 0) is 49.7 Å². The number of anilines is 1. The molecule has 21 heavy (non-hydrogen) atoms. The summed E-state index contributed by atoms with van der Waals surface area (Å²) in [5, 5.41) is 6.39. The van der Waals surface area contributed by atoms with E-state index in [1.807, 2.05) is 53.4 Å². The van der Waals surface area contributed by atoms with Crippen molar-refractivity contribution in [2.75, 3.05) is 18.4 Å². The molecular weight excluding hydrogens is 262 g/mol. The molecule has 4 nitrogen and oxygen atoms in total. The number of hydrogen-bond acceptors (Lipinski definition) is 2. The second kappa shape index (κ2) is 5.74. The van der Waals surface area contributed by atoms with Crippen molar-refractivity contribution >= 4 is 11.6 Å². The Labute approximate surface area is 125 Å². The van der Waals surface area contributed by atoms with Crippen molar-refractivity contribution in [2.24, 2.45) is 5.41 Å². The van der Waals surface area contributed by atoms with E-state index in [-0.39, 0.29) is 11.3 Å². The van der Waals surface area contributed by atoms with Crippen LogP contribution in [0.1, 0.15) is 19.8 Å². The zero-order valence-corrected chi connectivity index (χ0v) is 12.3. The first-order valence-electron chi connectivity index (χ1n) is 7.49. The average molecular weight is 283 g/mol. The highest BCUT2D eigenvalue weighted by Gasteiger charge is 2.39. The van der Waals surface area contributed by atoms with Gasteiger partial charge in [-0.1, -0.05) is 13.0 Å². The summed E-state index contributed by atoms with van der Waals surface area (Å²) in [5.41, 5.74) is 1.64. The minimum absolute atomic E-state index is 0.125. The van der Waals surface area contributed by atoms with Crippen molar-refractivity contribution in [3.8, 4) is 5.69 Å². The fourth-order valence-corrected chi connectivity index (χ4v) is 2.91. The van der Waals surface area contributed by atoms with Crippen molar-refractivity contribution < 1.29 is 4.79 Å². The summed E-state index contributed by atoms with van der Waals surface area (Å²) in [5.74, 6) is 0.125. The molecule has 0 spiro atoms. The van der Waals surface area contributed by atoms with E-state index in [0.717, 1.165) is 37.3 Å². The second-order valence-electron chi connectivity index (χ2n) is 5.66. The first-order valence-corrected chi connectivity index (χ1v) is 7.49. The topological polar surface area (TPSA) is 46.1 Å². The Morgan fingerprint density at radius 1 is 1.33 bits per heavy atom. The second-order valence-corrected chi connectivity index (χ2v) is 5.66. The maximum absolute atomic E-state index is 12.6. The number of nitrogens with zero attached hydrogens (tertiary/aromatic N) is 1. The molecule has 1 fully saturated rings. The number of benzene rings is 1. The van der Waals surface area contributed by atoms with Gasteiger partial charge in [-0.25, -0.2) is 0 Å². The highest BCUT2D eigenvalue weighted by Crippen LogP contribution is 2.31. The molecule has 0 saturated carbocycles. The lowest BCUT2D eigenvalue weighted by Gasteiger charge is -2.25. The minimum Gasteiger partial charge on any atom is -0.325 e. The number of hydrogen-bond donors (Lipinski definition) is 2. The molecule has 1 saturated heterocycles. The van der Waals surface area contributed by atoms with Gasteiger partial charge >= 0.3 is 0 Å². The predicted molar refractivity (Wildman–Crippen MR) is 84.6 cm³/mol. The van der Waals surface area contributed by atoms with Crippen molar-refractivity contribution in [3.05, 3.63) is 48.8 Å². The first kappa shape index (κ1) is 13.9. The Kier molecular flexibility index (Phi) is 3.80. The van der Waals surface area contributed by atoms with E-state index >= 15 is 0 Å². The fourth-order valence-electron chi connectivity index (χ4n) is 2.91. The van der Waals surface area contributed by atoms with Crippen LogP contribution < -0.4 is 10.6 Å². The zero-order chi connectivity index (χ0) is 14.7. The monoisotopic (exact) mass is 283 g/mol. The lowest BCUT2D eigenvalue weighted by molar-refractivity contribution is -0.124. The largest absolute Gasteiger partial charge is 0.325 e. The van der Waals surface area contributed by atoms with Crippen LogP contribution in [0.2, 0.25) is 0 Å². The van der Waals surface area contributed by atoms with Crippen molar-refractivity contribution in [1.82, 2.24) is 9.88 Å². The van der Waals surface area contributed by atoms with Gasteiger partial charge in [-0.3, -0.25) is 4.79 Å². The number of rotatable bonds is 4. The van der Waals surface area contributed by atoms with Gasteiger partial charge in [0.2, 0.25) is 5.91 Å². The summed E-state index contributed by atoms with van der Waals surface area (Å²) in [7, 11) is 0. The standard InChI is InChI=1S/C17H21N3O/c1-2-17(8-9-18-13-17)16(21)19-14-6-5-7-15(12-14)20-10-3-4-11-20/h3-7,10-12,18H,2,8-9,13H2,1H3,(H,19,21). The van der Waals surface area contributed by atoms with Crippen LogP contribution in [0.4, 0.5) is 5.69 Å². The normalized spacial score (nSPS) is 21.4. The Bertz CT molecular complexity index is 613. The quantitative estimate of drug-likeness (QED) is 0.906. The molecule has 4 heteroatoms. The summed E-state index contributed by atoms with van der Waals surface area (Å²) in [6.07, 6.45) is 5.76. The molecule has 1 aromatic carbocycles. The van der Waals surface area contributed by atoms with Crippen LogP contribution in [0, 0.1) is 5.41 Å². The molecule has 110 valence electrons. The number of carbonyl (C=O) groups is 1. The van der Waals surface area contributed by atoms with Crippen LogP contribution in [-0.4, -0.2) is 23.6 Å². The molecule has 2 N–H and O–H groups in total.